The number of thiophene rings is 1. The lowest BCUT2D eigenvalue weighted by Crippen LogP contribution is -2.38. The molecular weight excluding hydrogens is 496 g/mol. The molecule has 1 heterocycles. The van der Waals surface area contributed by atoms with E-state index in [-0.39, 0.29) is 29.1 Å². The molecule has 1 aromatic carbocycles. The highest BCUT2D eigenvalue weighted by Crippen LogP contribution is 2.53. The highest BCUT2D eigenvalue weighted by Gasteiger charge is 2.54. The Labute approximate surface area is 229 Å². The predicted molar refractivity (Wildman–Crippen MR) is 150 cm³/mol. The molecule has 7 heteroatoms. The van der Waals surface area contributed by atoms with E-state index in [2.05, 4.69) is 31.4 Å². The average molecular weight is 537 g/mol. The number of aryl methyl sites for hydroxylation is 1. The van der Waals surface area contributed by atoms with E-state index in [1.165, 1.54) is 21.8 Å². The van der Waals surface area contributed by atoms with E-state index in [0.29, 0.717) is 23.0 Å². The Bertz CT molecular complexity index is 1230. The summed E-state index contributed by atoms with van der Waals surface area (Å²) in [5.74, 6) is -1.72. The Morgan fingerprint density at radius 3 is 2.39 bits per heavy atom. The fourth-order valence-electron chi connectivity index (χ4n) is 7.07. The average Bonchev–Trinajstić information content (AvgIpc) is 3.60. The molecule has 5 atom stereocenters. The number of hydrogen-bond donors (Lipinski definition) is 3. The molecule has 2 fully saturated rings. The number of benzene rings is 1. The first-order chi connectivity index (χ1) is 18.1. The molecule has 2 amide bonds. The summed E-state index contributed by atoms with van der Waals surface area (Å²) in [5.41, 5.74) is 4.03. The van der Waals surface area contributed by atoms with Crippen molar-refractivity contribution in [2.45, 2.75) is 79.2 Å². The second-order valence-electron chi connectivity index (χ2n) is 12.4. The van der Waals surface area contributed by atoms with Crippen LogP contribution in [0.5, 0.6) is 0 Å². The number of carbonyl (C=O) groups is 3. The molecule has 3 N–H and O–H groups in total. The minimum atomic E-state index is -0.872. The van der Waals surface area contributed by atoms with E-state index in [1.807, 2.05) is 31.2 Å². The fourth-order valence-corrected chi connectivity index (χ4v) is 8.39. The monoisotopic (exact) mass is 536 g/mol. The SMILES string of the molecule is CCC(C)(C)[C@@H]1CCc2c(sc(NC(=O)[C@H]3[C@@H]4CC[C@@H](C4)[C@@H]3C(=O)O)c2C(=O)NCc2ccc(C)cc2)C1. The molecule has 0 spiro atoms. The van der Waals surface area contributed by atoms with Gasteiger partial charge in [-0.25, -0.2) is 0 Å². The van der Waals surface area contributed by atoms with Crippen LogP contribution in [0.15, 0.2) is 24.3 Å². The normalized spacial score (nSPS) is 26.2. The van der Waals surface area contributed by atoms with Crippen LogP contribution in [-0.2, 0) is 29.0 Å². The zero-order chi connectivity index (χ0) is 27.2. The van der Waals surface area contributed by atoms with Gasteiger partial charge in [0, 0.05) is 11.4 Å². The zero-order valence-electron chi connectivity index (χ0n) is 22.9. The summed E-state index contributed by atoms with van der Waals surface area (Å²) in [6.45, 7) is 9.31. The maximum absolute atomic E-state index is 13.6. The second kappa shape index (κ2) is 10.5. The number of carboxylic acids is 1. The minimum absolute atomic E-state index is 0.0825. The standard InChI is InChI=1S/C31H40N2O4S/c1-5-31(3,4)21-12-13-22-23(15-21)38-29(26(22)27(34)32-16-18-8-6-17(2)7-9-18)33-28(35)24-19-10-11-20(14-19)25(24)30(36)37/h6-9,19-21,24-25H,5,10-16H2,1-4H3,(H,32,34)(H,33,35)(H,36,37)/t19-,20+,21-,24+,25+/m1/s1. The fraction of sp³-hybridized carbons (Fsp3) is 0.581. The van der Waals surface area contributed by atoms with Crippen molar-refractivity contribution in [1.29, 1.82) is 0 Å². The van der Waals surface area contributed by atoms with Crippen molar-refractivity contribution < 1.29 is 19.5 Å². The summed E-state index contributed by atoms with van der Waals surface area (Å²) < 4.78 is 0. The summed E-state index contributed by atoms with van der Waals surface area (Å²) in [6, 6.07) is 8.09. The summed E-state index contributed by atoms with van der Waals surface area (Å²) in [4.78, 5) is 40.4. The molecule has 5 rings (SSSR count). The molecule has 0 unspecified atom stereocenters. The number of rotatable bonds is 8. The van der Waals surface area contributed by atoms with Crippen LogP contribution < -0.4 is 10.6 Å². The predicted octanol–water partition coefficient (Wildman–Crippen LogP) is 6.21. The van der Waals surface area contributed by atoms with Crippen molar-refractivity contribution >= 4 is 34.1 Å². The van der Waals surface area contributed by atoms with Crippen molar-refractivity contribution in [2.75, 3.05) is 5.32 Å². The summed E-state index contributed by atoms with van der Waals surface area (Å²) in [7, 11) is 0. The third-order valence-electron chi connectivity index (χ3n) is 9.82. The van der Waals surface area contributed by atoms with Crippen molar-refractivity contribution in [3.8, 4) is 0 Å². The number of amides is 2. The molecule has 2 bridgehead atoms. The molecule has 1 aromatic heterocycles. The van der Waals surface area contributed by atoms with Gasteiger partial charge in [-0.3, -0.25) is 14.4 Å². The molecule has 2 aromatic rings. The van der Waals surface area contributed by atoms with Crippen LogP contribution in [0.3, 0.4) is 0 Å². The number of carbonyl (C=O) groups excluding carboxylic acids is 2. The van der Waals surface area contributed by atoms with E-state index < -0.39 is 17.8 Å². The summed E-state index contributed by atoms with van der Waals surface area (Å²) >= 11 is 1.52. The lowest BCUT2D eigenvalue weighted by molar-refractivity contribution is -0.148. The number of hydrogen-bond acceptors (Lipinski definition) is 4. The van der Waals surface area contributed by atoms with Gasteiger partial charge in [0.15, 0.2) is 0 Å². The molecule has 0 aliphatic heterocycles. The molecule has 2 saturated carbocycles. The largest absolute Gasteiger partial charge is 0.481 e. The van der Waals surface area contributed by atoms with Gasteiger partial charge in [-0.2, -0.15) is 0 Å². The quantitative estimate of drug-likeness (QED) is 0.374. The van der Waals surface area contributed by atoms with Crippen LogP contribution in [0.2, 0.25) is 0 Å². The molecule has 0 saturated heterocycles. The maximum atomic E-state index is 13.6. The van der Waals surface area contributed by atoms with Gasteiger partial charge in [-0.05, 0) is 79.7 Å². The third-order valence-corrected chi connectivity index (χ3v) is 11.0. The Kier molecular flexibility index (Phi) is 7.42. The first-order valence-corrected chi connectivity index (χ1v) is 14.9. The minimum Gasteiger partial charge on any atom is -0.481 e. The Morgan fingerprint density at radius 1 is 1.05 bits per heavy atom. The lowest BCUT2D eigenvalue weighted by Gasteiger charge is -2.36. The highest BCUT2D eigenvalue weighted by molar-refractivity contribution is 7.17. The zero-order valence-corrected chi connectivity index (χ0v) is 23.7. The third kappa shape index (κ3) is 5.02. The molecule has 0 radical (unpaired) electrons. The smallest absolute Gasteiger partial charge is 0.307 e. The van der Waals surface area contributed by atoms with Gasteiger partial charge in [0.05, 0.1) is 17.4 Å². The van der Waals surface area contributed by atoms with Crippen molar-refractivity contribution in [1.82, 2.24) is 5.32 Å². The highest BCUT2D eigenvalue weighted by atomic mass is 32.1. The first-order valence-electron chi connectivity index (χ1n) is 14.1. The van der Waals surface area contributed by atoms with Gasteiger partial charge in [0.1, 0.15) is 5.00 Å². The van der Waals surface area contributed by atoms with E-state index >= 15 is 0 Å². The van der Waals surface area contributed by atoms with Gasteiger partial charge in [0.25, 0.3) is 5.91 Å². The van der Waals surface area contributed by atoms with E-state index in [0.717, 1.165) is 56.1 Å². The van der Waals surface area contributed by atoms with E-state index in [4.69, 9.17) is 0 Å². The number of fused-ring (bicyclic) bond motifs is 3. The lowest BCUT2D eigenvalue weighted by atomic mass is 9.69. The Balaban J connectivity index is 1.42. The van der Waals surface area contributed by atoms with Crippen LogP contribution in [0, 0.1) is 41.9 Å². The van der Waals surface area contributed by atoms with Crippen molar-refractivity contribution in [3.63, 3.8) is 0 Å². The molecule has 3 aliphatic carbocycles. The van der Waals surface area contributed by atoms with Gasteiger partial charge >= 0.3 is 5.97 Å². The Morgan fingerprint density at radius 2 is 1.74 bits per heavy atom. The van der Waals surface area contributed by atoms with Gasteiger partial charge in [-0.1, -0.05) is 57.0 Å². The molecule has 6 nitrogen and oxygen atoms in total. The number of anilines is 1. The summed E-state index contributed by atoms with van der Waals surface area (Å²) in [6.07, 6.45) is 6.44. The van der Waals surface area contributed by atoms with Gasteiger partial charge in [0.2, 0.25) is 5.91 Å². The molecule has 3 aliphatic rings. The van der Waals surface area contributed by atoms with Crippen molar-refractivity contribution in [2.24, 2.45) is 35.0 Å². The van der Waals surface area contributed by atoms with Crippen LogP contribution in [0.25, 0.3) is 0 Å². The second-order valence-corrected chi connectivity index (χ2v) is 13.5. The molecular formula is C31H40N2O4S. The first kappa shape index (κ1) is 26.9. The molecule has 38 heavy (non-hydrogen) atoms. The van der Waals surface area contributed by atoms with Crippen LogP contribution in [0.4, 0.5) is 5.00 Å². The summed E-state index contributed by atoms with van der Waals surface area (Å²) in [5, 5.41) is 16.6. The number of carboxylic acid groups (broad SMARTS) is 1. The maximum Gasteiger partial charge on any atom is 0.307 e. The van der Waals surface area contributed by atoms with Gasteiger partial charge < -0.3 is 15.7 Å². The Hall–Kier alpha value is -2.67. The number of nitrogens with one attached hydrogen (secondary N) is 2. The number of aliphatic carboxylic acids is 1. The van der Waals surface area contributed by atoms with Crippen molar-refractivity contribution in [3.05, 3.63) is 51.4 Å². The van der Waals surface area contributed by atoms with Crippen LogP contribution in [-0.4, -0.2) is 22.9 Å². The van der Waals surface area contributed by atoms with Gasteiger partial charge in [-0.15, -0.1) is 11.3 Å². The van der Waals surface area contributed by atoms with Crippen LogP contribution >= 0.6 is 11.3 Å². The van der Waals surface area contributed by atoms with Crippen LogP contribution in [0.1, 0.15) is 84.8 Å². The van der Waals surface area contributed by atoms with E-state index in [9.17, 15) is 19.5 Å². The topological polar surface area (TPSA) is 95.5 Å². The molecule has 204 valence electrons. The van der Waals surface area contributed by atoms with E-state index in [1.54, 1.807) is 0 Å².